The largest absolute Gasteiger partial charge is 0.416 e. The summed E-state index contributed by atoms with van der Waals surface area (Å²) in [6.45, 7) is 0. The molecule has 29 heavy (non-hydrogen) atoms. The third-order valence-corrected chi connectivity index (χ3v) is 5.02. The first-order chi connectivity index (χ1) is 14.0. The number of hydrogen-bond acceptors (Lipinski definition) is 4. The zero-order chi connectivity index (χ0) is 20.4. The molecule has 0 spiro atoms. The maximum absolute atomic E-state index is 12.4. The van der Waals surface area contributed by atoms with E-state index in [0.29, 0.717) is 27.4 Å². The van der Waals surface area contributed by atoms with Crippen LogP contribution in [-0.2, 0) is 12.8 Å². The zero-order valence-corrected chi connectivity index (χ0v) is 16.6. The number of H-pyrrole nitrogens is 2. The summed E-state index contributed by atoms with van der Waals surface area (Å²) in [6.07, 6.45) is 1.42. The van der Waals surface area contributed by atoms with E-state index >= 15 is 0 Å². The maximum atomic E-state index is 12.4. The quantitative estimate of drug-likeness (QED) is 0.456. The van der Waals surface area contributed by atoms with Crippen molar-refractivity contribution < 1.29 is 9.53 Å². The number of nitrogens with zero attached hydrogens (tertiary/aromatic N) is 1. The predicted molar refractivity (Wildman–Crippen MR) is 112 cm³/mol. The van der Waals surface area contributed by atoms with Gasteiger partial charge in [-0.25, -0.2) is 4.79 Å². The molecule has 2 heterocycles. The maximum Gasteiger partial charge on any atom is 0.364 e. The highest BCUT2D eigenvalue weighted by Gasteiger charge is 2.16. The van der Waals surface area contributed by atoms with Crippen molar-refractivity contribution in [3.8, 4) is 5.75 Å². The van der Waals surface area contributed by atoms with Crippen LogP contribution in [0.5, 0.6) is 5.75 Å². The standard InChI is InChI=1S/C21H15Cl2N3O3/c22-13-7-4-12(5-8-13)6-9-14-10-18(26-25-14)21(28)29-19-11-15-16(23)2-1-3-17(15)24-20(19)27/h1-5,7-8,10-11H,6,9H2,(H,24,27)(H,25,26). The third kappa shape index (κ3) is 4.34. The molecule has 4 rings (SSSR count). The number of carbonyl (C=O) groups excluding carboxylic acids is 1. The van der Waals surface area contributed by atoms with Gasteiger partial charge in [-0.2, -0.15) is 5.10 Å². The van der Waals surface area contributed by atoms with Crippen molar-refractivity contribution in [1.29, 1.82) is 0 Å². The van der Waals surface area contributed by atoms with E-state index in [4.69, 9.17) is 27.9 Å². The number of nitrogens with one attached hydrogen (secondary N) is 2. The van der Waals surface area contributed by atoms with Crippen LogP contribution >= 0.6 is 23.2 Å². The van der Waals surface area contributed by atoms with Crippen LogP contribution in [0, 0.1) is 0 Å². The first-order valence-corrected chi connectivity index (χ1v) is 9.57. The molecular formula is C21H15Cl2N3O3. The minimum absolute atomic E-state index is 0.0924. The van der Waals surface area contributed by atoms with Crippen LogP contribution in [0.4, 0.5) is 0 Å². The van der Waals surface area contributed by atoms with Crippen LogP contribution in [-0.4, -0.2) is 21.2 Å². The van der Waals surface area contributed by atoms with E-state index < -0.39 is 11.5 Å². The lowest BCUT2D eigenvalue weighted by Gasteiger charge is -2.04. The van der Waals surface area contributed by atoms with Gasteiger partial charge < -0.3 is 9.72 Å². The molecule has 0 unspecified atom stereocenters. The van der Waals surface area contributed by atoms with Gasteiger partial charge in [-0.05, 0) is 54.8 Å². The van der Waals surface area contributed by atoms with Crippen molar-refractivity contribution in [2.75, 3.05) is 0 Å². The lowest BCUT2D eigenvalue weighted by Crippen LogP contribution is -2.17. The summed E-state index contributed by atoms with van der Waals surface area (Å²) in [5.41, 5.74) is 2.03. The lowest BCUT2D eigenvalue weighted by molar-refractivity contribution is 0.0726. The molecule has 4 aromatic rings. The highest BCUT2D eigenvalue weighted by molar-refractivity contribution is 6.35. The van der Waals surface area contributed by atoms with Crippen LogP contribution in [0.3, 0.4) is 0 Å². The van der Waals surface area contributed by atoms with E-state index in [-0.39, 0.29) is 11.4 Å². The van der Waals surface area contributed by atoms with Gasteiger partial charge in [-0.3, -0.25) is 9.89 Å². The number of carbonyl (C=O) groups is 1. The Labute approximate surface area is 175 Å². The molecule has 0 atom stereocenters. The summed E-state index contributed by atoms with van der Waals surface area (Å²) < 4.78 is 5.25. The summed E-state index contributed by atoms with van der Waals surface area (Å²) in [4.78, 5) is 27.2. The summed E-state index contributed by atoms with van der Waals surface area (Å²) in [5.74, 6) is -0.864. The van der Waals surface area contributed by atoms with Crippen LogP contribution in [0.1, 0.15) is 21.7 Å². The van der Waals surface area contributed by atoms with E-state index in [1.54, 1.807) is 24.3 Å². The molecule has 2 aromatic heterocycles. The number of fused-ring (bicyclic) bond motifs is 1. The number of ether oxygens (including phenoxy) is 1. The number of esters is 1. The van der Waals surface area contributed by atoms with Crippen molar-refractivity contribution >= 4 is 40.1 Å². The summed E-state index contributed by atoms with van der Waals surface area (Å²) in [5, 5.41) is 8.53. The smallest absolute Gasteiger partial charge is 0.364 e. The molecule has 0 aliphatic rings. The van der Waals surface area contributed by atoms with Gasteiger partial charge in [0.05, 0.1) is 10.5 Å². The molecule has 0 saturated carbocycles. The van der Waals surface area contributed by atoms with E-state index in [2.05, 4.69) is 15.2 Å². The molecule has 2 N–H and O–H groups in total. The van der Waals surface area contributed by atoms with Gasteiger partial charge in [-0.15, -0.1) is 0 Å². The molecule has 0 aliphatic carbocycles. The van der Waals surface area contributed by atoms with Gasteiger partial charge >= 0.3 is 5.97 Å². The van der Waals surface area contributed by atoms with Gasteiger partial charge in [0, 0.05) is 16.1 Å². The monoisotopic (exact) mass is 427 g/mol. The fourth-order valence-electron chi connectivity index (χ4n) is 2.93. The molecule has 146 valence electrons. The second kappa shape index (κ2) is 8.11. The molecule has 6 nitrogen and oxygen atoms in total. The molecule has 0 aliphatic heterocycles. The Balaban J connectivity index is 1.47. The van der Waals surface area contributed by atoms with Crippen LogP contribution in [0.15, 0.2) is 59.4 Å². The number of hydrogen-bond donors (Lipinski definition) is 2. The minimum atomic E-state index is -0.726. The normalized spacial score (nSPS) is 11.0. The number of aromatic amines is 2. The second-order valence-corrected chi connectivity index (χ2v) is 7.30. The molecule has 0 bridgehead atoms. The fraction of sp³-hybridized carbons (Fsp3) is 0.0952. The van der Waals surface area contributed by atoms with E-state index in [1.165, 1.54) is 6.07 Å². The number of pyridine rings is 1. The topological polar surface area (TPSA) is 87.8 Å². The van der Waals surface area contributed by atoms with Gasteiger partial charge in [0.25, 0.3) is 5.56 Å². The minimum Gasteiger partial charge on any atom is -0.416 e. The van der Waals surface area contributed by atoms with E-state index in [0.717, 1.165) is 17.7 Å². The Hall–Kier alpha value is -3.09. The van der Waals surface area contributed by atoms with Crippen molar-refractivity contribution in [2.45, 2.75) is 12.8 Å². The lowest BCUT2D eigenvalue weighted by atomic mass is 10.1. The fourth-order valence-corrected chi connectivity index (χ4v) is 3.28. The summed E-state index contributed by atoms with van der Waals surface area (Å²) in [6, 6.07) is 15.8. The van der Waals surface area contributed by atoms with E-state index in [9.17, 15) is 9.59 Å². The van der Waals surface area contributed by atoms with Crippen molar-refractivity contribution in [2.24, 2.45) is 0 Å². The molecule has 2 aromatic carbocycles. The molecule has 0 fully saturated rings. The van der Waals surface area contributed by atoms with Gasteiger partial charge in [0.2, 0.25) is 0 Å². The second-order valence-electron chi connectivity index (χ2n) is 6.46. The highest BCUT2D eigenvalue weighted by atomic mass is 35.5. The van der Waals surface area contributed by atoms with Crippen LogP contribution in [0.2, 0.25) is 10.0 Å². The van der Waals surface area contributed by atoms with Crippen LogP contribution in [0.25, 0.3) is 10.9 Å². The van der Waals surface area contributed by atoms with Gasteiger partial charge in [0.15, 0.2) is 11.4 Å². The Morgan fingerprint density at radius 3 is 2.62 bits per heavy atom. The van der Waals surface area contributed by atoms with E-state index in [1.807, 2.05) is 24.3 Å². The Morgan fingerprint density at radius 1 is 1.03 bits per heavy atom. The van der Waals surface area contributed by atoms with Crippen molar-refractivity contribution in [3.63, 3.8) is 0 Å². The molecule has 8 heteroatoms. The predicted octanol–water partition coefficient (Wildman–Crippen LogP) is 4.56. The summed E-state index contributed by atoms with van der Waals surface area (Å²) >= 11 is 12.0. The highest BCUT2D eigenvalue weighted by Crippen LogP contribution is 2.23. The Bertz CT molecular complexity index is 1250. The van der Waals surface area contributed by atoms with Crippen LogP contribution < -0.4 is 10.3 Å². The summed E-state index contributed by atoms with van der Waals surface area (Å²) in [7, 11) is 0. The number of rotatable bonds is 5. The Kier molecular flexibility index (Phi) is 5.38. The number of aryl methyl sites for hydroxylation is 2. The average Bonchev–Trinajstić information content (AvgIpc) is 3.18. The first-order valence-electron chi connectivity index (χ1n) is 8.82. The molecule has 0 amide bonds. The van der Waals surface area contributed by atoms with Crippen molar-refractivity contribution in [1.82, 2.24) is 15.2 Å². The third-order valence-electron chi connectivity index (χ3n) is 4.44. The zero-order valence-electron chi connectivity index (χ0n) is 15.0. The average molecular weight is 428 g/mol. The number of halogens is 2. The number of aromatic nitrogens is 3. The first kappa shape index (κ1) is 19.2. The Morgan fingerprint density at radius 2 is 1.83 bits per heavy atom. The van der Waals surface area contributed by atoms with Gasteiger partial charge in [-0.1, -0.05) is 41.4 Å². The SMILES string of the molecule is O=C(Oc1cc2c(Cl)cccc2[nH]c1=O)c1cc(CCc2ccc(Cl)cc2)[nH]n1. The number of benzene rings is 2. The molecule has 0 radical (unpaired) electrons. The van der Waals surface area contributed by atoms with Crippen molar-refractivity contribution in [3.05, 3.63) is 91.9 Å². The van der Waals surface area contributed by atoms with Gasteiger partial charge in [0.1, 0.15) is 0 Å². The molecule has 0 saturated heterocycles. The molecular weight excluding hydrogens is 413 g/mol.